The fraction of sp³-hybridized carbons (Fsp3) is 0.231. The molecule has 2 rings (SSSR count). The third-order valence-electron chi connectivity index (χ3n) is 2.60. The lowest BCUT2D eigenvalue weighted by atomic mass is 10.3. The molecule has 0 spiro atoms. The molecule has 0 bridgehead atoms. The first-order chi connectivity index (χ1) is 9.15. The summed E-state index contributed by atoms with van der Waals surface area (Å²) in [7, 11) is 1.89. The Kier molecular flexibility index (Phi) is 4.25. The highest BCUT2D eigenvalue weighted by molar-refractivity contribution is 5.92. The molecule has 1 aromatic heterocycles. The van der Waals surface area contributed by atoms with E-state index in [4.69, 9.17) is 0 Å². The summed E-state index contributed by atoms with van der Waals surface area (Å²) in [5, 5.41) is 5.58. The number of imidazole rings is 1. The molecule has 0 aliphatic heterocycles. The topological polar surface area (TPSA) is 59.0 Å². The smallest absolute Gasteiger partial charge is 0.238 e. The summed E-state index contributed by atoms with van der Waals surface area (Å²) >= 11 is 0. The quantitative estimate of drug-likeness (QED) is 0.853. The maximum Gasteiger partial charge on any atom is 0.238 e. The molecule has 0 saturated heterocycles. The minimum Gasteiger partial charge on any atom is -0.337 e. The maximum atomic E-state index is 12.9. The Morgan fingerprint density at radius 2 is 2.32 bits per heavy atom. The second-order valence-electron chi connectivity index (χ2n) is 4.12. The van der Waals surface area contributed by atoms with E-state index in [9.17, 15) is 9.18 Å². The van der Waals surface area contributed by atoms with E-state index in [2.05, 4.69) is 15.6 Å². The average molecular weight is 262 g/mol. The van der Waals surface area contributed by atoms with Crippen LogP contribution in [0.5, 0.6) is 0 Å². The van der Waals surface area contributed by atoms with Crippen molar-refractivity contribution in [1.82, 2.24) is 14.9 Å². The van der Waals surface area contributed by atoms with Crippen LogP contribution in [0, 0.1) is 5.82 Å². The molecule has 0 saturated carbocycles. The van der Waals surface area contributed by atoms with E-state index in [1.807, 2.05) is 17.8 Å². The zero-order chi connectivity index (χ0) is 13.7. The number of halogens is 1. The van der Waals surface area contributed by atoms with Gasteiger partial charge in [0.1, 0.15) is 11.6 Å². The lowest BCUT2D eigenvalue weighted by molar-refractivity contribution is -0.115. The summed E-state index contributed by atoms with van der Waals surface area (Å²) in [5.41, 5.74) is 0.448. The minimum absolute atomic E-state index is 0.142. The number of hydrogen-bond donors (Lipinski definition) is 2. The molecule has 0 fully saturated rings. The van der Waals surface area contributed by atoms with Crippen molar-refractivity contribution < 1.29 is 9.18 Å². The Balaban J connectivity index is 1.77. The normalized spacial score (nSPS) is 10.4. The first-order valence-electron chi connectivity index (χ1n) is 5.87. The standard InChI is InChI=1S/C13H15FN4O/c1-18-6-5-16-12(18)8-15-9-13(19)17-11-4-2-3-10(14)7-11/h2-7,15H,8-9H2,1H3,(H,17,19). The molecule has 1 aromatic carbocycles. The molecule has 0 radical (unpaired) electrons. The van der Waals surface area contributed by atoms with E-state index in [1.54, 1.807) is 18.3 Å². The number of nitrogens with zero attached hydrogens (tertiary/aromatic N) is 2. The van der Waals surface area contributed by atoms with E-state index < -0.39 is 0 Å². The summed E-state index contributed by atoms with van der Waals surface area (Å²) in [4.78, 5) is 15.7. The highest BCUT2D eigenvalue weighted by Gasteiger charge is 2.04. The van der Waals surface area contributed by atoms with Crippen LogP contribution < -0.4 is 10.6 Å². The highest BCUT2D eigenvalue weighted by Crippen LogP contribution is 2.08. The Hall–Kier alpha value is -2.21. The molecular formula is C13H15FN4O. The fourth-order valence-electron chi connectivity index (χ4n) is 1.63. The van der Waals surface area contributed by atoms with Gasteiger partial charge in [-0.2, -0.15) is 0 Å². The van der Waals surface area contributed by atoms with Crippen molar-refractivity contribution in [2.24, 2.45) is 7.05 Å². The zero-order valence-corrected chi connectivity index (χ0v) is 10.6. The van der Waals surface area contributed by atoms with Crippen molar-refractivity contribution in [3.05, 3.63) is 48.3 Å². The van der Waals surface area contributed by atoms with Gasteiger partial charge in [0.2, 0.25) is 5.91 Å². The van der Waals surface area contributed by atoms with Gasteiger partial charge in [-0.25, -0.2) is 9.37 Å². The Bertz CT molecular complexity index is 567. The third kappa shape index (κ3) is 3.89. The molecule has 2 aromatic rings. The van der Waals surface area contributed by atoms with Gasteiger partial charge >= 0.3 is 0 Å². The highest BCUT2D eigenvalue weighted by atomic mass is 19.1. The number of aryl methyl sites for hydroxylation is 1. The van der Waals surface area contributed by atoms with Crippen LogP contribution in [-0.2, 0) is 18.4 Å². The number of carbonyl (C=O) groups is 1. The molecule has 19 heavy (non-hydrogen) atoms. The minimum atomic E-state index is -0.376. The first kappa shape index (κ1) is 13.2. The van der Waals surface area contributed by atoms with E-state index in [0.717, 1.165) is 5.82 Å². The molecule has 1 heterocycles. The zero-order valence-electron chi connectivity index (χ0n) is 10.6. The van der Waals surface area contributed by atoms with E-state index in [1.165, 1.54) is 12.1 Å². The lowest BCUT2D eigenvalue weighted by Gasteiger charge is -2.07. The van der Waals surface area contributed by atoms with Gasteiger partial charge in [-0.05, 0) is 18.2 Å². The van der Waals surface area contributed by atoms with Crippen LogP contribution in [0.15, 0.2) is 36.7 Å². The van der Waals surface area contributed by atoms with E-state index in [0.29, 0.717) is 12.2 Å². The second kappa shape index (κ2) is 6.10. The van der Waals surface area contributed by atoms with Gasteiger partial charge in [-0.15, -0.1) is 0 Å². The molecule has 1 amide bonds. The Labute approximate surface area is 110 Å². The Morgan fingerprint density at radius 3 is 3.00 bits per heavy atom. The summed E-state index contributed by atoms with van der Waals surface area (Å²) in [6, 6.07) is 5.79. The molecule has 2 N–H and O–H groups in total. The average Bonchev–Trinajstić information content (AvgIpc) is 2.75. The summed E-state index contributed by atoms with van der Waals surface area (Å²) < 4.78 is 14.8. The summed E-state index contributed by atoms with van der Waals surface area (Å²) in [6.45, 7) is 0.642. The lowest BCUT2D eigenvalue weighted by Crippen LogP contribution is -2.28. The van der Waals surface area contributed by atoms with Crippen molar-refractivity contribution in [3.8, 4) is 0 Å². The first-order valence-corrected chi connectivity index (χ1v) is 5.87. The molecule has 0 atom stereocenters. The molecule has 6 heteroatoms. The summed E-state index contributed by atoms with van der Waals surface area (Å²) in [6.07, 6.45) is 3.54. The number of aromatic nitrogens is 2. The van der Waals surface area contributed by atoms with Gasteiger partial charge in [0.05, 0.1) is 13.1 Å². The number of nitrogens with one attached hydrogen (secondary N) is 2. The monoisotopic (exact) mass is 262 g/mol. The van der Waals surface area contributed by atoms with Crippen LogP contribution >= 0.6 is 0 Å². The molecule has 0 unspecified atom stereocenters. The number of carbonyl (C=O) groups excluding carboxylic acids is 1. The van der Waals surface area contributed by atoms with Crippen LogP contribution in [0.2, 0.25) is 0 Å². The van der Waals surface area contributed by atoms with Crippen LogP contribution in [-0.4, -0.2) is 22.0 Å². The molecule has 100 valence electrons. The van der Waals surface area contributed by atoms with Gasteiger partial charge in [0.15, 0.2) is 0 Å². The van der Waals surface area contributed by atoms with Crippen molar-refractivity contribution >= 4 is 11.6 Å². The molecule has 0 aliphatic carbocycles. The predicted molar refractivity (Wildman–Crippen MR) is 69.9 cm³/mol. The van der Waals surface area contributed by atoms with Crippen molar-refractivity contribution in [3.63, 3.8) is 0 Å². The number of amides is 1. The predicted octanol–water partition coefficient (Wildman–Crippen LogP) is 1.29. The van der Waals surface area contributed by atoms with Crippen LogP contribution in [0.1, 0.15) is 5.82 Å². The molecule has 0 aliphatic rings. The van der Waals surface area contributed by atoms with Crippen LogP contribution in [0.4, 0.5) is 10.1 Å². The largest absolute Gasteiger partial charge is 0.337 e. The number of anilines is 1. The number of hydrogen-bond acceptors (Lipinski definition) is 3. The van der Waals surface area contributed by atoms with E-state index >= 15 is 0 Å². The third-order valence-corrected chi connectivity index (χ3v) is 2.60. The van der Waals surface area contributed by atoms with Gasteiger partial charge in [-0.3, -0.25) is 4.79 Å². The second-order valence-corrected chi connectivity index (χ2v) is 4.12. The molecular weight excluding hydrogens is 247 g/mol. The van der Waals surface area contributed by atoms with Crippen LogP contribution in [0.25, 0.3) is 0 Å². The van der Waals surface area contributed by atoms with Crippen molar-refractivity contribution in [2.45, 2.75) is 6.54 Å². The fourth-order valence-corrected chi connectivity index (χ4v) is 1.63. The maximum absolute atomic E-state index is 12.9. The number of benzene rings is 1. The van der Waals surface area contributed by atoms with Crippen molar-refractivity contribution in [2.75, 3.05) is 11.9 Å². The number of rotatable bonds is 5. The summed E-state index contributed by atoms with van der Waals surface area (Å²) in [5.74, 6) is 0.247. The van der Waals surface area contributed by atoms with Gasteiger partial charge in [0, 0.05) is 25.1 Å². The van der Waals surface area contributed by atoms with Gasteiger partial charge < -0.3 is 15.2 Å². The van der Waals surface area contributed by atoms with Crippen LogP contribution in [0.3, 0.4) is 0 Å². The van der Waals surface area contributed by atoms with Crippen molar-refractivity contribution in [1.29, 1.82) is 0 Å². The molecule has 5 nitrogen and oxygen atoms in total. The SMILES string of the molecule is Cn1ccnc1CNCC(=O)Nc1cccc(F)c1. The van der Waals surface area contributed by atoms with Gasteiger partial charge in [-0.1, -0.05) is 6.07 Å². The van der Waals surface area contributed by atoms with E-state index in [-0.39, 0.29) is 18.3 Å². The van der Waals surface area contributed by atoms with Gasteiger partial charge in [0.25, 0.3) is 0 Å². The Morgan fingerprint density at radius 1 is 1.47 bits per heavy atom.